The van der Waals surface area contributed by atoms with Crippen LogP contribution in [0.3, 0.4) is 0 Å². The van der Waals surface area contributed by atoms with Crippen molar-refractivity contribution < 1.29 is 4.79 Å². The van der Waals surface area contributed by atoms with Gasteiger partial charge in [-0.3, -0.25) is 4.79 Å². The van der Waals surface area contributed by atoms with Crippen LogP contribution in [0.25, 0.3) is 11.1 Å². The first-order valence-corrected chi connectivity index (χ1v) is 8.28. The van der Waals surface area contributed by atoms with E-state index in [-0.39, 0.29) is 18.3 Å². The lowest BCUT2D eigenvalue weighted by Gasteiger charge is -2.11. The fraction of sp³-hybridized carbons (Fsp3) is 0.353. The minimum absolute atomic E-state index is 0. The van der Waals surface area contributed by atoms with Crippen LogP contribution in [-0.4, -0.2) is 25.0 Å². The molecule has 118 valence electrons. The van der Waals surface area contributed by atoms with Gasteiger partial charge in [0.05, 0.1) is 4.88 Å². The van der Waals surface area contributed by atoms with Crippen molar-refractivity contribution in [2.45, 2.75) is 25.8 Å². The van der Waals surface area contributed by atoms with Crippen molar-refractivity contribution in [3.05, 3.63) is 46.2 Å². The fourth-order valence-corrected chi connectivity index (χ4v) is 3.50. The molecule has 0 spiro atoms. The first kappa shape index (κ1) is 17.0. The number of rotatable bonds is 4. The average molecular weight is 337 g/mol. The third-order valence-corrected chi connectivity index (χ3v) is 4.82. The summed E-state index contributed by atoms with van der Waals surface area (Å²) in [6.45, 7) is 3.85. The first-order chi connectivity index (χ1) is 10.2. The quantitative estimate of drug-likeness (QED) is 0.895. The lowest BCUT2D eigenvalue weighted by Crippen LogP contribution is -2.37. The molecule has 1 aromatic carbocycles. The summed E-state index contributed by atoms with van der Waals surface area (Å²) >= 11 is 1.51. The van der Waals surface area contributed by atoms with Crippen LogP contribution in [0.1, 0.15) is 28.1 Å². The number of hydrogen-bond donors (Lipinski definition) is 2. The normalized spacial score (nSPS) is 17.0. The predicted molar refractivity (Wildman–Crippen MR) is 95.1 cm³/mol. The lowest BCUT2D eigenvalue weighted by molar-refractivity contribution is 0.0955. The molecule has 0 bridgehead atoms. The van der Waals surface area contributed by atoms with Gasteiger partial charge in [-0.2, -0.15) is 0 Å². The Balaban J connectivity index is 0.00000176. The second-order valence-electron chi connectivity index (χ2n) is 5.53. The Kier molecular flexibility index (Phi) is 6.00. The first-order valence-electron chi connectivity index (χ1n) is 7.40. The van der Waals surface area contributed by atoms with Gasteiger partial charge in [0, 0.05) is 18.2 Å². The van der Waals surface area contributed by atoms with Crippen LogP contribution in [0.2, 0.25) is 0 Å². The Bertz CT molecular complexity index is 618. The highest BCUT2D eigenvalue weighted by molar-refractivity contribution is 7.12. The Morgan fingerprint density at radius 2 is 2.09 bits per heavy atom. The van der Waals surface area contributed by atoms with Crippen molar-refractivity contribution in [3.63, 3.8) is 0 Å². The summed E-state index contributed by atoms with van der Waals surface area (Å²) < 4.78 is 0. The maximum absolute atomic E-state index is 12.4. The van der Waals surface area contributed by atoms with Gasteiger partial charge in [0.2, 0.25) is 0 Å². The van der Waals surface area contributed by atoms with Crippen LogP contribution in [0.15, 0.2) is 35.7 Å². The van der Waals surface area contributed by atoms with E-state index in [1.807, 2.05) is 11.4 Å². The molecule has 1 atom stereocenters. The molecule has 1 aliphatic rings. The van der Waals surface area contributed by atoms with Gasteiger partial charge < -0.3 is 10.6 Å². The fourth-order valence-electron chi connectivity index (χ4n) is 2.67. The van der Waals surface area contributed by atoms with Crippen LogP contribution in [-0.2, 0) is 0 Å². The molecule has 0 radical (unpaired) electrons. The van der Waals surface area contributed by atoms with Gasteiger partial charge >= 0.3 is 0 Å². The summed E-state index contributed by atoms with van der Waals surface area (Å²) in [6, 6.07) is 10.8. The number of thiophene rings is 1. The zero-order chi connectivity index (χ0) is 14.7. The highest BCUT2D eigenvalue weighted by atomic mass is 35.5. The molecule has 2 N–H and O–H groups in total. The second kappa shape index (κ2) is 7.77. The number of carbonyl (C=O) groups excluding carboxylic acids is 1. The zero-order valence-electron chi connectivity index (χ0n) is 12.6. The van der Waals surface area contributed by atoms with Crippen LogP contribution in [0.4, 0.5) is 0 Å². The summed E-state index contributed by atoms with van der Waals surface area (Å²) in [6.07, 6.45) is 2.35. The number of nitrogens with one attached hydrogen (secondary N) is 2. The second-order valence-corrected chi connectivity index (χ2v) is 6.45. The molecule has 1 amide bonds. The molecular formula is C17H21ClN2OS. The summed E-state index contributed by atoms with van der Waals surface area (Å²) in [5, 5.41) is 8.44. The van der Waals surface area contributed by atoms with Gasteiger partial charge in [0.25, 0.3) is 5.91 Å². The molecule has 2 heterocycles. The lowest BCUT2D eigenvalue weighted by atomic mass is 10.0. The number of amides is 1. The molecule has 3 nitrogen and oxygen atoms in total. The summed E-state index contributed by atoms with van der Waals surface area (Å²) in [7, 11) is 0. The van der Waals surface area contributed by atoms with Crippen LogP contribution >= 0.6 is 23.7 Å². The number of aryl methyl sites for hydroxylation is 1. The largest absolute Gasteiger partial charge is 0.350 e. The van der Waals surface area contributed by atoms with E-state index in [0.29, 0.717) is 12.6 Å². The summed E-state index contributed by atoms with van der Waals surface area (Å²) in [5.74, 6) is 0.0364. The van der Waals surface area contributed by atoms with E-state index in [1.54, 1.807) is 0 Å². The van der Waals surface area contributed by atoms with E-state index in [9.17, 15) is 4.79 Å². The molecule has 22 heavy (non-hydrogen) atoms. The van der Waals surface area contributed by atoms with E-state index in [1.165, 1.54) is 23.3 Å². The van der Waals surface area contributed by atoms with Crippen molar-refractivity contribution in [1.29, 1.82) is 0 Å². The Labute approximate surface area is 141 Å². The highest BCUT2D eigenvalue weighted by Crippen LogP contribution is 2.28. The molecule has 2 aromatic rings. The van der Waals surface area contributed by atoms with Gasteiger partial charge in [-0.25, -0.2) is 0 Å². The van der Waals surface area contributed by atoms with E-state index < -0.39 is 0 Å². The number of hydrogen-bond acceptors (Lipinski definition) is 3. The van der Waals surface area contributed by atoms with Crippen LogP contribution < -0.4 is 10.6 Å². The van der Waals surface area contributed by atoms with Crippen molar-refractivity contribution in [1.82, 2.24) is 10.6 Å². The van der Waals surface area contributed by atoms with Crippen molar-refractivity contribution >= 4 is 29.7 Å². The summed E-state index contributed by atoms with van der Waals surface area (Å²) in [5.41, 5.74) is 3.36. The minimum atomic E-state index is 0. The Hall–Kier alpha value is -1.36. The van der Waals surface area contributed by atoms with Gasteiger partial charge in [-0.05, 0) is 43.3 Å². The number of halogens is 1. The molecule has 1 unspecified atom stereocenters. The van der Waals surface area contributed by atoms with Crippen molar-refractivity contribution in [2.75, 3.05) is 13.1 Å². The van der Waals surface area contributed by atoms with Crippen LogP contribution in [0.5, 0.6) is 0 Å². The van der Waals surface area contributed by atoms with Gasteiger partial charge in [-0.15, -0.1) is 23.7 Å². The maximum atomic E-state index is 12.4. The van der Waals surface area contributed by atoms with Gasteiger partial charge in [0.15, 0.2) is 0 Å². The molecule has 0 saturated carbocycles. The molecule has 1 fully saturated rings. The van der Waals surface area contributed by atoms with E-state index >= 15 is 0 Å². The van der Waals surface area contributed by atoms with Gasteiger partial charge in [0.1, 0.15) is 0 Å². The van der Waals surface area contributed by atoms with Crippen molar-refractivity contribution in [3.8, 4) is 11.1 Å². The van der Waals surface area contributed by atoms with E-state index in [2.05, 4.69) is 41.8 Å². The predicted octanol–water partition coefficient (Wildman–Crippen LogP) is 3.63. The minimum Gasteiger partial charge on any atom is -0.350 e. The standard InChI is InChI=1S/C17H20N2OS.ClH/c1-12-4-6-13(7-5-12)15-8-10-21-16(15)17(20)19-11-14-3-2-9-18-14;/h4-8,10,14,18H,2-3,9,11H2,1H3,(H,19,20);1H. The number of benzene rings is 1. The Morgan fingerprint density at radius 3 is 2.77 bits per heavy atom. The average Bonchev–Trinajstić information content (AvgIpc) is 3.17. The third kappa shape index (κ3) is 3.88. The molecule has 3 rings (SSSR count). The topological polar surface area (TPSA) is 41.1 Å². The maximum Gasteiger partial charge on any atom is 0.262 e. The zero-order valence-corrected chi connectivity index (χ0v) is 14.2. The molecule has 1 saturated heterocycles. The monoisotopic (exact) mass is 336 g/mol. The molecule has 1 aliphatic heterocycles. The van der Waals surface area contributed by atoms with Crippen molar-refractivity contribution in [2.24, 2.45) is 0 Å². The smallest absolute Gasteiger partial charge is 0.262 e. The molecular weight excluding hydrogens is 316 g/mol. The summed E-state index contributed by atoms with van der Waals surface area (Å²) in [4.78, 5) is 13.2. The van der Waals surface area contributed by atoms with Crippen LogP contribution in [0, 0.1) is 6.92 Å². The molecule has 0 aliphatic carbocycles. The molecule has 5 heteroatoms. The Morgan fingerprint density at radius 1 is 1.32 bits per heavy atom. The van der Waals surface area contributed by atoms with Gasteiger partial charge in [-0.1, -0.05) is 29.8 Å². The highest BCUT2D eigenvalue weighted by Gasteiger charge is 2.18. The van der Waals surface area contributed by atoms with E-state index in [0.717, 1.165) is 29.0 Å². The molecule has 1 aromatic heterocycles. The SMILES string of the molecule is Cc1ccc(-c2ccsc2C(=O)NCC2CCCN2)cc1.Cl. The number of carbonyl (C=O) groups is 1. The third-order valence-electron chi connectivity index (χ3n) is 3.91. The van der Waals surface area contributed by atoms with E-state index in [4.69, 9.17) is 0 Å².